The highest BCUT2D eigenvalue weighted by molar-refractivity contribution is 5.95. The molecule has 1 N–H and O–H groups in total. The molecule has 0 aromatic heterocycles. The van der Waals surface area contributed by atoms with Crippen molar-refractivity contribution in [2.75, 3.05) is 51.3 Å². The van der Waals surface area contributed by atoms with Crippen LogP contribution in [0.5, 0.6) is 0 Å². The first-order chi connectivity index (χ1) is 13.9. The van der Waals surface area contributed by atoms with E-state index in [2.05, 4.69) is 37.9 Å². The Hall–Kier alpha value is -2.19. The van der Waals surface area contributed by atoms with E-state index in [1.165, 1.54) is 6.07 Å². The molecule has 0 bridgehead atoms. The molecule has 29 heavy (non-hydrogen) atoms. The van der Waals surface area contributed by atoms with Gasteiger partial charge < -0.3 is 15.0 Å². The molecule has 1 aliphatic heterocycles. The van der Waals surface area contributed by atoms with E-state index < -0.39 is 4.92 Å². The number of amides is 1. The van der Waals surface area contributed by atoms with Crippen molar-refractivity contribution in [1.82, 2.24) is 9.80 Å². The molecule has 1 fully saturated rings. The molecule has 1 amide bonds. The molecule has 0 aliphatic carbocycles. The van der Waals surface area contributed by atoms with Crippen molar-refractivity contribution in [3.05, 3.63) is 33.9 Å². The highest BCUT2D eigenvalue weighted by Gasteiger charge is 2.24. The first-order valence-corrected chi connectivity index (χ1v) is 10.5. The highest BCUT2D eigenvalue weighted by atomic mass is 16.6. The van der Waals surface area contributed by atoms with Gasteiger partial charge in [-0.05, 0) is 37.6 Å². The molecule has 162 valence electrons. The lowest BCUT2D eigenvalue weighted by Gasteiger charge is -2.31. The zero-order valence-corrected chi connectivity index (χ0v) is 18.0. The van der Waals surface area contributed by atoms with E-state index in [-0.39, 0.29) is 11.6 Å². The number of likely N-dealkylation sites (N-methyl/N-ethyl adjacent to an activating group) is 1. The predicted molar refractivity (Wildman–Crippen MR) is 114 cm³/mol. The third-order valence-electron chi connectivity index (χ3n) is 5.34. The Morgan fingerprint density at radius 1 is 1.28 bits per heavy atom. The van der Waals surface area contributed by atoms with Crippen LogP contribution in [0, 0.1) is 16.0 Å². The summed E-state index contributed by atoms with van der Waals surface area (Å²) in [6.45, 7) is 13.1. The lowest BCUT2D eigenvalue weighted by molar-refractivity contribution is -0.384. The van der Waals surface area contributed by atoms with Crippen LogP contribution in [0.4, 0.5) is 11.4 Å². The van der Waals surface area contributed by atoms with Gasteiger partial charge in [-0.1, -0.05) is 27.7 Å². The Balaban J connectivity index is 2.17. The van der Waals surface area contributed by atoms with E-state index in [9.17, 15) is 14.9 Å². The normalized spacial score (nSPS) is 15.6. The van der Waals surface area contributed by atoms with Gasteiger partial charge in [-0.15, -0.1) is 0 Å². The van der Waals surface area contributed by atoms with E-state index >= 15 is 0 Å². The quantitative estimate of drug-likeness (QED) is 0.474. The number of nitro benzene ring substituents is 1. The van der Waals surface area contributed by atoms with Crippen molar-refractivity contribution in [1.29, 1.82) is 0 Å². The number of carbonyl (C=O) groups excluding carboxylic acids is 1. The second kappa shape index (κ2) is 11.1. The third kappa shape index (κ3) is 6.40. The molecule has 2 rings (SSSR count). The molecule has 1 aromatic rings. The summed E-state index contributed by atoms with van der Waals surface area (Å²) in [5.74, 6) is 0.342. The molecular weight excluding hydrogens is 372 g/mol. The highest BCUT2D eigenvalue weighted by Crippen LogP contribution is 2.27. The van der Waals surface area contributed by atoms with Crippen LogP contribution in [0.1, 0.15) is 44.5 Å². The average Bonchev–Trinajstić information content (AvgIpc) is 2.72. The largest absolute Gasteiger partial charge is 0.378 e. The van der Waals surface area contributed by atoms with Crippen LogP contribution >= 0.6 is 0 Å². The fourth-order valence-electron chi connectivity index (χ4n) is 3.79. The lowest BCUT2D eigenvalue weighted by Crippen LogP contribution is -2.41. The van der Waals surface area contributed by atoms with Gasteiger partial charge in [-0.25, -0.2) is 0 Å². The first kappa shape index (κ1) is 23.1. The zero-order valence-electron chi connectivity index (χ0n) is 18.0. The van der Waals surface area contributed by atoms with E-state index in [4.69, 9.17) is 4.74 Å². The Labute approximate surface area is 173 Å². The van der Waals surface area contributed by atoms with Gasteiger partial charge in [0.05, 0.1) is 18.1 Å². The molecule has 0 spiro atoms. The number of benzene rings is 1. The molecule has 1 heterocycles. The Kier molecular flexibility index (Phi) is 8.85. The van der Waals surface area contributed by atoms with Crippen molar-refractivity contribution in [3.8, 4) is 0 Å². The van der Waals surface area contributed by atoms with E-state index in [1.54, 1.807) is 17.0 Å². The van der Waals surface area contributed by atoms with Crippen LogP contribution in [0.25, 0.3) is 0 Å². The smallest absolute Gasteiger partial charge is 0.293 e. The van der Waals surface area contributed by atoms with Crippen LogP contribution < -0.4 is 5.32 Å². The summed E-state index contributed by atoms with van der Waals surface area (Å²) in [5, 5.41) is 14.9. The van der Waals surface area contributed by atoms with Gasteiger partial charge in [0, 0.05) is 37.3 Å². The van der Waals surface area contributed by atoms with Gasteiger partial charge in [0.2, 0.25) is 0 Å². The lowest BCUT2D eigenvalue weighted by atomic mass is 10.0. The van der Waals surface area contributed by atoms with Crippen molar-refractivity contribution in [2.24, 2.45) is 5.92 Å². The molecule has 0 unspecified atom stereocenters. The molecule has 1 saturated heterocycles. The van der Waals surface area contributed by atoms with E-state index in [0.29, 0.717) is 56.1 Å². The van der Waals surface area contributed by atoms with Gasteiger partial charge in [0.25, 0.3) is 11.6 Å². The number of hydrogen-bond donors (Lipinski definition) is 1. The number of nitrogens with one attached hydrogen (secondary N) is 1. The van der Waals surface area contributed by atoms with Gasteiger partial charge in [0.1, 0.15) is 5.69 Å². The SMILES string of the molecule is CCN(CC)[C@H](CNc1ccc(C(=O)N2CCOCC2)cc1[N+](=O)[O-])CC(C)C. The third-order valence-corrected chi connectivity index (χ3v) is 5.34. The molecule has 1 aliphatic rings. The summed E-state index contributed by atoms with van der Waals surface area (Å²) in [4.78, 5) is 27.9. The monoisotopic (exact) mass is 406 g/mol. The van der Waals surface area contributed by atoms with Crippen molar-refractivity contribution >= 4 is 17.3 Å². The number of morpholine rings is 1. The number of rotatable bonds is 10. The van der Waals surface area contributed by atoms with Gasteiger partial charge in [0.15, 0.2) is 0 Å². The van der Waals surface area contributed by atoms with E-state index in [1.807, 2.05) is 0 Å². The maximum atomic E-state index is 12.7. The van der Waals surface area contributed by atoms with E-state index in [0.717, 1.165) is 19.5 Å². The predicted octanol–water partition coefficient (Wildman–Crippen LogP) is 3.24. The average molecular weight is 407 g/mol. The summed E-state index contributed by atoms with van der Waals surface area (Å²) in [6, 6.07) is 5.00. The molecule has 0 saturated carbocycles. The number of carbonyl (C=O) groups is 1. The number of nitro groups is 1. The Morgan fingerprint density at radius 2 is 1.93 bits per heavy atom. The maximum Gasteiger partial charge on any atom is 0.293 e. The molecule has 8 heteroatoms. The van der Waals surface area contributed by atoms with Crippen molar-refractivity contribution in [2.45, 2.75) is 40.2 Å². The Bertz CT molecular complexity index is 685. The second-order valence-electron chi connectivity index (χ2n) is 7.78. The number of anilines is 1. The number of hydrogen-bond acceptors (Lipinski definition) is 6. The molecule has 8 nitrogen and oxygen atoms in total. The summed E-state index contributed by atoms with van der Waals surface area (Å²) < 4.78 is 5.27. The van der Waals surface area contributed by atoms with Crippen molar-refractivity contribution in [3.63, 3.8) is 0 Å². The van der Waals surface area contributed by atoms with Crippen LogP contribution in [-0.2, 0) is 4.74 Å². The number of ether oxygens (including phenoxy) is 1. The van der Waals surface area contributed by atoms with Crippen LogP contribution in [0.15, 0.2) is 18.2 Å². The minimum absolute atomic E-state index is 0.0630. The fourth-order valence-corrected chi connectivity index (χ4v) is 3.79. The fraction of sp³-hybridized carbons (Fsp3) is 0.667. The topological polar surface area (TPSA) is 88.0 Å². The minimum Gasteiger partial charge on any atom is -0.378 e. The van der Waals surface area contributed by atoms with Gasteiger partial charge in [-0.2, -0.15) is 0 Å². The maximum absolute atomic E-state index is 12.7. The minimum atomic E-state index is -0.423. The van der Waals surface area contributed by atoms with Crippen molar-refractivity contribution < 1.29 is 14.5 Å². The summed E-state index contributed by atoms with van der Waals surface area (Å²) in [6.07, 6.45) is 1.01. The van der Waals surface area contributed by atoms with Crippen LogP contribution in [0.2, 0.25) is 0 Å². The van der Waals surface area contributed by atoms with Gasteiger partial charge in [-0.3, -0.25) is 19.8 Å². The Morgan fingerprint density at radius 3 is 2.48 bits per heavy atom. The molecular formula is C21H34N4O4. The second-order valence-corrected chi connectivity index (χ2v) is 7.78. The summed E-state index contributed by atoms with van der Waals surface area (Å²) in [7, 11) is 0. The molecule has 0 radical (unpaired) electrons. The van der Waals surface area contributed by atoms with Crippen LogP contribution in [-0.4, -0.2) is 72.6 Å². The first-order valence-electron chi connectivity index (χ1n) is 10.5. The van der Waals surface area contributed by atoms with Crippen LogP contribution in [0.3, 0.4) is 0 Å². The standard InChI is InChI=1S/C21H34N4O4/c1-5-23(6-2)18(13-16(3)4)15-22-19-8-7-17(14-20(19)25(27)28)21(26)24-9-11-29-12-10-24/h7-8,14,16,18,22H,5-6,9-13,15H2,1-4H3/t18-/m0/s1. The molecule has 1 atom stereocenters. The molecule has 1 aromatic carbocycles. The summed E-state index contributed by atoms with van der Waals surface area (Å²) >= 11 is 0. The number of nitrogens with zero attached hydrogens (tertiary/aromatic N) is 3. The van der Waals surface area contributed by atoms with Gasteiger partial charge >= 0.3 is 0 Å². The summed E-state index contributed by atoms with van der Waals surface area (Å²) in [5.41, 5.74) is 0.730. The zero-order chi connectivity index (χ0) is 21.4.